The van der Waals surface area contributed by atoms with Crippen LogP contribution in [0, 0.1) is 0 Å². The maximum Gasteiger partial charge on any atom is 0.416 e. The van der Waals surface area contributed by atoms with Gasteiger partial charge in [0.2, 0.25) is 0 Å². The van der Waals surface area contributed by atoms with Crippen molar-refractivity contribution in [3.8, 4) is 0 Å². The van der Waals surface area contributed by atoms with E-state index in [0.29, 0.717) is 26.3 Å². The monoisotopic (exact) mass is 379 g/mol. The van der Waals surface area contributed by atoms with Gasteiger partial charge < -0.3 is 15.0 Å². The van der Waals surface area contributed by atoms with Crippen molar-refractivity contribution in [2.45, 2.75) is 6.18 Å². The van der Waals surface area contributed by atoms with Gasteiger partial charge in [-0.1, -0.05) is 12.1 Å². The molecule has 1 aromatic heterocycles. The molecular formula is C18H16F3N3O3. The maximum absolute atomic E-state index is 12.8. The lowest BCUT2D eigenvalue weighted by atomic mass is 10.2. The fourth-order valence-corrected chi connectivity index (χ4v) is 2.58. The highest BCUT2D eigenvalue weighted by atomic mass is 19.4. The molecule has 1 aliphatic rings. The van der Waals surface area contributed by atoms with Gasteiger partial charge in [-0.3, -0.25) is 9.59 Å². The van der Waals surface area contributed by atoms with Gasteiger partial charge in [0.25, 0.3) is 11.8 Å². The second-order valence-corrected chi connectivity index (χ2v) is 5.85. The van der Waals surface area contributed by atoms with Crippen LogP contribution in [0.25, 0.3) is 0 Å². The number of anilines is 1. The van der Waals surface area contributed by atoms with E-state index >= 15 is 0 Å². The Morgan fingerprint density at radius 2 is 1.70 bits per heavy atom. The molecule has 1 N–H and O–H groups in total. The zero-order chi connectivity index (χ0) is 19.4. The molecule has 1 aliphatic heterocycles. The molecule has 2 amide bonds. The van der Waals surface area contributed by atoms with E-state index in [9.17, 15) is 22.8 Å². The molecule has 3 rings (SSSR count). The smallest absolute Gasteiger partial charge is 0.378 e. The van der Waals surface area contributed by atoms with Crippen LogP contribution in [0.3, 0.4) is 0 Å². The molecule has 0 saturated carbocycles. The summed E-state index contributed by atoms with van der Waals surface area (Å²) in [5.41, 5.74) is -0.855. The van der Waals surface area contributed by atoms with Crippen molar-refractivity contribution in [2.75, 3.05) is 31.6 Å². The number of ether oxygens (including phenoxy) is 1. The number of carbonyl (C=O) groups excluding carboxylic acids is 2. The average Bonchev–Trinajstić information content (AvgIpc) is 2.68. The van der Waals surface area contributed by atoms with Gasteiger partial charge in [0.15, 0.2) is 0 Å². The second kappa shape index (κ2) is 7.75. The molecule has 2 aromatic rings. The van der Waals surface area contributed by atoms with E-state index in [-0.39, 0.29) is 23.0 Å². The lowest BCUT2D eigenvalue weighted by Gasteiger charge is -2.26. The van der Waals surface area contributed by atoms with E-state index in [0.717, 1.165) is 12.1 Å². The first-order valence-electron chi connectivity index (χ1n) is 8.17. The zero-order valence-electron chi connectivity index (χ0n) is 14.1. The number of morpholine rings is 1. The SMILES string of the molecule is O=C(Nc1cccc(C(F)(F)F)c1)c1cccc(C(=O)N2CCOCC2)n1. The molecule has 27 heavy (non-hydrogen) atoms. The highest BCUT2D eigenvalue weighted by molar-refractivity contribution is 6.03. The Labute approximate surface area is 152 Å². The summed E-state index contributed by atoms with van der Waals surface area (Å²) in [7, 11) is 0. The Morgan fingerprint density at radius 3 is 2.41 bits per heavy atom. The van der Waals surface area contributed by atoms with E-state index in [1.54, 1.807) is 4.90 Å². The number of amides is 2. The fraction of sp³-hybridized carbons (Fsp3) is 0.278. The maximum atomic E-state index is 12.8. The molecule has 142 valence electrons. The van der Waals surface area contributed by atoms with Crippen LogP contribution in [0.1, 0.15) is 26.5 Å². The molecule has 0 unspecified atom stereocenters. The number of hydrogen-bond donors (Lipinski definition) is 1. The van der Waals surface area contributed by atoms with Crippen molar-refractivity contribution in [3.63, 3.8) is 0 Å². The van der Waals surface area contributed by atoms with E-state index in [1.165, 1.54) is 30.3 Å². The molecule has 1 fully saturated rings. The van der Waals surface area contributed by atoms with Crippen molar-refractivity contribution in [2.24, 2.45) is 0 Å². The number of halogens is 3. The van der Waals surface area contributed by atoms with E-state index < -0.39 is 17.6 Å². The minimum atomic E-state index is -4.51. The molecule has 9 heteroatoms. The van der Waals surface area contributed by atoms with Crippen molar-refractivity contribution in [1.29, 1.82) is 0 Å². The number of aromatic nitrogens is 1. The topological polar surface area (TPSA) is 71.5 Å². The third-order valence-corrected chi connectivity index (χ3v) is 3.95. The minimum Gasteiger partial charge on any atom is -0.378 e. The Morgan fingerprint density at radius 1 is 1.04 bits per heavy atom. The Bertz CT molecular complexity index is 849. The summed E-state index contributed by atoms with van der Waals surface area (Å²) in [4.78, 5) is 30.4. The van der Waals surface area contributed by atoms with Gasteiger partial charge in [0.05, 0.1) is 18.8 Å². The van der Waals surface area contributed by atoms with Gasteiger partial charge in [-0.2, -0.15) is 13.2 Å². The van der Waals surface area contributed by atoms with Crippen LogP contribution in [-0.2, 0) is 10.9 Å². The van der Waals surface area contributed by atoms with Crippen LogP contribution in [0.2, 0.25) is 0 Å². The van der Waals surface area contributed by atoms with Crippen LogP contribution in [-0.4, -0.2) is 48.0 Å². The lowest BCUT2D eigenvalue weighted by molar-refractivity contribution is -0.137. The number of carbonyl (C=O) groups is 2. The highest BCUT2D eigenvalue weighted by Gasteiger charge is 2.30. The summed E-state index contributed by atoms with van der Waals surface area (Å²) >= 11 is 0. The Balaban J connectivity index is 1.75. The third kappa shape index (κ3) is 4.62. The molecule has 0 spiro atoms. The average molecular weight is 379 g/mol. The molecule has 0 aliphatic carbocycles. The predicted octanol–water partition coefficient (Wildman–Crippen LogP) is 2.83. The largest absolute Gasteiger partial charge is 0.416 e. The summed E-state index contributed by atoms with van der Waals surface area (Å²) in [5.74, 6) is -1.03. The number of nitrogens with one attached hydrogen (secondary N) is 1. The van der Waals surface area contributed by atoms with E-state index in [4.69, 9.17) is 4.74 Å². The number of alkyl halides is 3. The van der Waals surface area contributed by atoms with E-state index in [1.807, 2.05) is 0 Å². The Hall–Kier alpha value is -2.94. The molecular weight excluding hydrogens is 363 g/mol. The fourth-order valence-electron chi connectivity index (χ4n) is 2.58. The van der Waals surface area contributed by atoms with Crippen LogP contribution in [0.4, 0.5) is 18.9 Å². The molecule has 0 bridgehead atoms. The number of rotatable bonds is 3. The molecule has 1 aromatic carbocycles. The first-order valence-corrected chi connectivity index (χ1v) is 8.17. The highest BCUT2D eigenvalue weighted by Crippen LogP contribution is 2.30. The number of hydrogen-bond acceptors (Lipinski definition) is 4. The molecule has 2 heterocycles. The van der Waals surface area contributed by atoms with Crippen LogP contribution in [0.5, 0.6) is 0 Å². The summed E-state index contributed by atoms with van der Waals surface area (Å²) in [6.07, 6.45) is -4.51. The quantitative estimate of drug-likeness (QED) is 0.890. The summed E-state index contributed by atoms with van der Waals surface area (Å²) in [6.45, 7) is 1.73. The van der Waals surface area contributed by atoms with Gasteiger partial charge in [-0.15, -0.1) is 0 Å². The standard InChI is InChI=1S/C18H16F3N3O3/c19-18(20,21)12-3-1-4-13(11-12)22-16(25)14-5-2-6-15(23-14)17(26)24-7-9-27-10-8-24/h1-6,11H,7-10H2,(H,22,25). The van der Waals surface area contributed by atoms with Gasteiger partial charge in [-0.05, 0) is 30.3 Å². The predicted molar refractivity (Wildman–Crippen MR) is 90.4 cm³/mol. The van der Waals surface area contributed by atoms with E-state index in [2.05, 4.69) is 10.3 Å². The normalized spacial score (nSPS) is 14.7. The summed E-state index contributed by atoms with van der Waals surface area (Å²) < 4.78 is 43.5. The molecule has 1 saturated heterocycles. The van der Waals surface area contributed by atoms with Crippen LogP contribution >= 0.6 is 0 Å². The number of pyridine rings is 1. The van der Waals surface area contributed by atoms with Crippen molar-refractivity contribution >= 4 is 17.5 Å². The second-order valence-electron chi connectivity index (χ2n) is 5.85. The van der Waals surface area contributed by atoms with Crippen LogP contribution in [0.15, 0.2) is 42.5 Å². The van der Waals surface area contributed by atoms with Gasteiger partial charge >= 0.3 is 6.18 Å². The Kier molecular flexibility index (Phi) is 5.41. The lowest BCUT2D eigenvalue weighted by Crippen LogP contribution is -2.41. The third-order valence-electron chi connectivity index (χ3n) is 3.95. The van der Waals surface area contributed by atoms with Gasteiger partial charge in [0.1, 0.15) is 11.4 Å². The minimum absolute atomic E-state index is 0.0125. The molecule has 0 radical (unpaired) electrons. The summed E-state index contributed by atoms with van der Waals surface area (Å²) in [6, 6.07) is 8.66. The first-order chi connectivity index (χ1) is 12.8. The summed E-state index contributed by atoms with van der Waals surface area (Å²) in [5, 5.41) is 2.37. The van der Waals surface area contributed by atoms with Crippen molar-refractivity contribution < 1.29 is 27.5 Å². The molecule has 6 nitrogen and oxygen atoms in total. The first kappa shape index (κ1) is 18.8. The van der Waals surface area contributed by atoms with Gasteiger partial charge in [-0.25, -0.2) is 4.98 Å². The van der Waals surface area contributed by atoms with Crippen LogP contribution < -0.4 is 5.32 Å². The number of benzene rings is 1. The van der Waals surface area contributed by atoms with Gasteiger partial charge in [0, 0.05) is 18.8 Å². The van der Waals surface area contributed by atoms with Crippen molar-refractivity contribution in [1.82, 2.24) is 9.88 Å². The zero-order valence-corrected chi connectivity index (χ0v) is 14.1. The van der Waals surface area contributed by atoms with Crippen molar-refractivity contribution in [3.05, 3.63) is 59.4 Å². The molecule has 0 atom stereocenters. The number of nitrogens with zero attached hydrogens (tertiary/aromatic N) is 2.